The number of hydrogen-bond acceptors (Lipinski definition) is 2. The third-order valence-corrected chi connectivity index (χ3v) is 5.09. The van der Waals surface area contributed by atoms with Crippen molar-refractivity contribution in [3.8, 4) is 6.07 Å². The van der Waals surface area contributed by atoms with Crippen LogP contribution in [0.3, 0.4) is 0 Å². The number of rotatable bonds is 3. The van der Waals surface area contributed by atoms with E-state index in [2.05, 4.69) is 35.7 Å². The van der Waals surface area contributed by atoms with Crippen LogP contribution in [0, 0.1) is 11.3 Å². The van der Waals surface area contributed by atoms with Gasteiger partial charge in [-0.05, 0) is 61.4 Å². The van der Waals surface area contributed by atoms with Crippen molar-refractivity contribution in [3.63, 3.8) is 0 Å². The number of carbonyl (C=O) groups excluding carboxylic acids is 1. The summed E-state index contributed by atoms with van der Waals surface area (Å²) in [6, 6.07) is 18.1. The highest BCUT2D eigenvalue weighted by Gasteiger charge is 2.39. The molecule has 2 aliphatic rings. The summed E-state index contributed by atoms with van der Waals surface area (Å²) in [5.41, 5.74) is 3.89. The summed E-state index contributed by atoms with van der Waals surface area (Å²) in [4.78, 5) is 15.1. The lowest BCUT2D eigenvalue weighted by Gasteiger charge is -2.36. The molecule has 0 heterocycles. The minimum Gasteiger partial charge on any atom is -0.315 e. The maximum Gasteiger partial charge on any atom is 0.322 e. The molecule has 0 aliphatic heterocycles. The molecular weight excluding hydrogens is 310 g/mol. The highest BCUT2D eigenvalue weighted by atomic mass is 16.2. The Morgan fingerprint density at radius 2 is 1.96 bits per heavy atom. The van der Waals surface area contributed by atoms with Crippen molar-refractivity contribution in [2.45, 2.75) is 44.2 Å². The molecule has 2 aliphatic carbocycles. The number of urea groups is 1. The van der Waals surface area contributed by atoms with E-state index in [-0.39, 0.29) is 12.1 Å². The number of anilines is 1. The fourth-order valence-electron chi connectivity index (χ4n) is 3.79. The van der Waals surface area contributed by atoms with Gasteiger partial charge in [0.15, 0.2) is 0 Å². The maximum atomic E-state index is 13.0. The van der Waals surface area contributed by atoms with Crippen molar-refractivity contribution in [2.75, 3.05) is 5.32 Å². The van der Waals surface area contributed by atoms with Gasteiger partial charge in [0.1, 0.15) is 0 Å². The first-order valence-corrected chi connectivity index (χ1v) is 8.93. The second kappa shape index (κ2) is 6.60. The van der Waals surface area contributed by atoms with Gasteiger partial charge in [-0.15, -0.1) is 0 Å². The first-order chi connectivity index (χ1) is 12.3. The lowest BCUT2D eigenvalue weighted by Crippen LogP contribution is -2.41. The Balaban J connectivity index is 1.60. The van der Waals surface area contributed by atoms with E-state index in [4.69, 9.17) is 5.26 Å². The summed E-state index contributed by atoms with van der Waals surface area (Å²) in [6.45, 7) is 0. The van der Waals surface area contributed by atoms with Crippen molar-refractivity contribution in [1.29, 1.82) is 5.26 Å². The van der Waals surface area contributed by atoms with Crippen molar-refractivity contribution in [1.82, 2.24) is 4.90 Å². The topological polar surface area (TPSA) is 56.1 Å². The fourth-order valence-corrected chi connectivity index (χ4v) is 3.79. The predicted molar refractivity (Wildman–Crippen MR) is 97.2 cm³/mol. The molecular formula is C21H21N3O. The third-order valence-electron chi connectivity index (χ3n) is 5.09. The molecule has 0 aromatic heterocycles. The number of nitrogens with one attached hydrogen (secondary N) is 1. The van der Waals surface area contributed by atoms with Gasteiger partial charge in [-0.1, -0.05) is 30.3 Å². The maximum absolute atomic E-state index is 13.0. The third kappa shape index (κ3) is 3.23. The first-order valence-electron chi connectivity index (χ1n) is 8.93. The Hall–Kier alpha value is -2.80. The van der Waals surface area contributed by atoms with E-state index < -0.39 is 0 Å². The SMILES string of the molecule is N#Cc1cccc(NC(=O)N(C2CC2)[C@H]2CCCc3ccccc32)c1. The molecule has 4 heteroatoms. The monoisotopic (exact) mass is 331 g/mol. The second-order valence-corrected chi connectivity index (χ2v) is 6.87. The van der Waals surface area contributed by atoms with Gasteiger partial charge in [0.2, 0.25) is 0 Å². The molecule has 0 bridgehead atoms. The van der Waals surface area contributed by atoms with Crippen LogP contribution in [0.25, 0.3) is 0 Å². The second-order valence-electron chi connectivity index (χ2n) is 6.87. The summed E-state index contributed by atoms with van der Waals surface area (Å²) in [5, 5.41) is 12.0. The molecule has 4 nitrogen and oxygen atoms in total. The quantitative estimate of drug-likeness (QED) is 0.891. The minimum absolute atomic E-state index is 0.0562. The molecule has 1 atom stereocenters. The largest absolute Gasteiger partial charge is 0.322 e. The summed E-state index contributed by atoms with van der Waals surface area (Å²) in [6.07, 6.45) is 5.37. The van der Waals surface area contributed by atoms with Crippen LogP contribution in [0.2, 0.25) is 0 Å². The van der Waals surface area contributed by atoms with Crippen molar-refractivity contribution in [2.24, 2.45) is 0 Å². The number of nitriles is 1. The Morgan fingerprint density at radius 3 is 2.76 bits per heavy atom. The zero-order valence-corrected chi connectivity index (χ0v) is 14.1. The summed E-state index contributed by atoms with van der Waals surface area (Å²) < 4.78 is 0. The smallest absolute Gasteiger partial charge is 0.315 e. The highest BCUT2D eigenvalue weighted by Crippen LogP contribution is 2.41. The van der Waals surface area contributed by atoms with Crippen LogP contribution in [0.4, 0.5) is 10.5 Å². The van der Waals surface area contributed by atoms with E-state index in [0.717, 1.165) is 32.1 Å². The normalized spacial score (nSPS) is 18.8. The minimum atomic E-state index is -0.0562. The molecule has 1 saturated carbocycles. The van der Waals surface area contributed by atoms with Gasteiger partial charge in [-0.2, -0.15) is 5.26 Å². The average Bonchev–Trinajstić information content (AvgIpc) is 3.47. The van der Waals surface area contributed by atoms with Gasteiger partial charge in [0, 0.05) is 11.7 Å². The fraction of sp³-hybridized carbons (Fsp3) is 0.333. The van der Waals surface area contributed by atoms with Crippen LogP contribution < -0.4 is 5.32 Å². The lowest BCUT2D eigenvalue weighted by molar-refractivity contribution is 0.175. The molecule has 0 unspecified atom stereocenters. The summed E-state index contributed by atoms with van der Waals surface area (Å²) in [7, 11) is 0. The molecule has 2 aromatic rings. The average molecular weight is 331 g/mol. The van der Waals surface area contributed by atoms with Gasteiger partial charge in [-0.3, -0.25) is 0 Å². The standard InChI is InChI=1S/C21H21N3O/c22-14-15-5-3-8-17(13-15)23-21(25)24(18-11-12-18)20-10-4-7-16-6-1-2-9-19(16)20/h1-3,5-6,8-9,13,18,20H,4,7,10-12H2,(H,23,25)/t20-/m0/s1. The molecule has 2 amide bonds. The Bertz CT molecular complexity index is 835. The zero-order chi connectivity index (χ0) is 17.2. The van der Waals surface area contributed by atoms with Crippen LogP contribution in [0.5, 0.6) is 0 Å². The van der Waals surface area contributed by atoms with Crippen molar-refractivity contribution < 1.29 is 4.79 Å². The van der Waals surface area contributed by atoms with E-state index in [1.165, 1.54) is 11.1 Å². The van der Waals surface area contributed by atoms with E-state index in [1.54, 1.807) is 18.2 Å². The number of amides is 2. The number of benzene rings is 2. The van der Waals surface area contributed by atoms with Gasteiger partial charge < -0.3 is 10.2 Å². The Labute approximate surface area is 148 Å². The molecule has 0 saturated heterocycles. The van der Waals surface area contributed by atoms with Crippen molar-refractivity contribution in [3.05, 3.63) is 65.2 Å². The predicted octanol–water partition coefficient (Wildman–Crippen LogP) is 4.63. The molecule has 1 fully saturated rings. The summed E-state index contributed by atoms with van der Waals surface area (Å²) in [5.74, 6) is 0. The lowest BCUT2D eigenvalue weighted by atomic mass is 9.87. The highest BCUT2D eigenvalue weighted by molar-refractivity contribution is 5.90. The van der Waals surface area contributed by atoms with Gasteiger partial charge in [0.05, 0.1) is 17.7 Å². The molecule has 2 aromatic carbocycles. The molecule has 25 heavy (non-hydrogen) atoms. The van der Waals surface area contributed by atoms with Crippen LogP contribution in [-0.4, -0.2) is 17.0 Å². The van der Waals surface area contributed by atoms with Crippen LogP contribution in [0.1, 0.15) is 48.4 Å². The first kappa shape index (κ1) is 15.7. The van der Waals surface area contributed by atoms with E-state index >= 15 is 0 Å². The number of carbonyl (C=O) groups is 1. The Kier molecular flexibility index (Phi) is 4.15. The number of aryl methyl sites for hydroxylation is 1. The van der Waals surface area contributed by atoms with Crippen LogP contribution >= 0.6 is 0 Å². The van der Waals surface area contributed by atoms with Crippen molar-refractivity contribution >= 4 is 11.7 Å². The van der Waals surface area contributed by atoms with E-state index in [0.29, 0.717) is 17.3 Å². The number of nitrogens with zero attached hydrogens (tertiary/aromatic N) is 2. The Morgan fingerprint density at radius 1 is 1.12 bits per heavy atom. The van der Waals surface area contributed by atoms with Crippen LogP contribution in [0.15, 0.2) is 48.5 Å². The summed E-state index contributed by atoms with van der Waals surface area (Å²) >= 11 is 0. The van der Waals surface area contributed by atoms with Gasteiger partial charge in [-0.25, -0.2) is 4.79 Å². The van der Waals surface area contributed by atoms with Gasteiger partial charge >= 0.3 is 6.03 Å². The van der Waals surface area contributed by atoms with Gasteiger partial charge in [0.25, 0.3) is 0 Å². The molecule has 126 valence electrons. The number of hydrogen-bond donors (Lipinski definition) is 1. The molecule has 1 N–H and O–H groups in total. The van der Waals surface area contributed by atoms with E-state index in [9.17, 15) is 4.79 Å². The van der Waals surface area contributed by atoms with E-state index in [1.807, 2.05) is 11.0 Å². The molecule has 4 rings (SSSR count). The van der Waals surface area contributed by atoms with Crippen LogP contribution in [-0.2, 0) is 6.42 Å². The molecule has 0 radical (unpaired) electrons. The number of fused-ring (bicyclic) bond motifs is 1. The zero-order valence-electron chi connectivity index (χ0n) is 14.1. The molecule has 0 spiro atoms.